The van der Waals surface area contributed by atoms with E-state index in [0.717, 1.165) is 29.8 Å². The lowest BCUT2D eigenvalue weighted by Gasteiger charge is -2.16. The molecule has 2 aromatic carbocycles. The molecule has 0 fully saturated rings. The van der Waals surface area contributed by atoms with Gasteiger partial charge in [-0.3, -0.25) is 4.79 Å². The molecule has 0 saturated heterocycles. The Morgan fingerprint density at radius 1 is 1.04 bits per heavy atom. The molecule has 0 spiro atoms. The summed E-state index contributed by atoms with van der Waals surface area (Å²) in [6.45, 7) is 5.87. The molecule has 23 heavy (non-hydrogen) atoms. The maximum absolute atomic E-state index is 12.3. The highest BCUT2D eigenvalue weighted by Gasteiger charge is 2.17. The molecule has 1 N–H and O–H groups in total. The van der Waals surface area contributed by atoms with Crippen LogP contribution >= 0.6 is 0 Å². The second kappa shape index (κ2) is 6.45. The fourth-order valence-electron chi connectivity index (χ4n) is 2.94. The summed E-state index contributed by atoms with van der Waals surface area (Å²) < 4.78 is 5.76. The average molecular weight is 309 g/mol. The first kappa shape index (κ1) is 15.6. The van der Waals surface area contributed by atoms with E-state index in [1.54, 1.807) is 6.92 Å². The Kier molecular flexibility index (Phi) is 4.37. The number of hydrogen-bond acceptors (Lipinski definition) is 2. The van der Waals surface area contributed by atoms with E-state index in [0.29, 0.717) is 0 Å². The SMILES string of the molecule is Cc1ccc(O[C@@H](C)C(=O)Nc2ccc3c(c2)CCC3)cc1C. The van der Waals surface area contributed by atoms with Gasteiger partial charge in [-0.2, -0.15) is 0 Å². The summed E-state index contributed by atoms with van der Waals surface area (Å²) >= 11 is 0. The highest BCUT2D eigenvalue weighted by Crippen LogP contribution is 2.25. The number of fused-ring (bicyclic) bond motifs is 1. The molecule has 2 aromatic rings. The van der Waals surface area contributed by atoms with E-state index in [4.69, 9.17) is 4.74 Å². The van der Waals surface area contributed by atoms with Gasteiger partial charge in [-0.1, -0.05) is 12.1 Å². The molecule has 3 heteroatoms. The van der Waals surface area contributed by atoms with Gasteiger partial charge >= 0.3 is 0 Å². The van der Waals surface area contributed by atoms with Crippen LogP contribution in [0.4, 0.5) is 5.69 Å². The molecule has 3 rings (SSSR count). The second-order valence-electron chi connectivity index (χ2n) is 6.33. The summed E-state index contributed by atoms with van der Waals surface area (Å²) in [4.78, 5) is 12.3. The molecule has 1 atom stereocenters. The molecule has 3 nitrogen and oxygen atoms in total. The number of carbonyl (C=O) groups excluding carboxylic acids is 1. The summed E-state index contributed by atoms with van der Waals surface area (Å²) in [5.74, 6) is 0.603. The average Bonchev–Trinajstić information content (AvgIpc) is 2.98. The maximum Gasteiger partial charge on any atom is 0.265 e. The van der Waals surface area contributed by atoms with Crippen LogP contribution in [0.15, 0.2) is 36.4 Å². The van der Waals surface area contributed by atoms with Crippen molar-refractivity contribution in [2.45, 2.75) is 46.1 Å². The van der Waals surface area contributed by atoms with Crippen molar-refractivity contribution < 1.29 is 9.53 Å². The number of nitrogens with one attached hydrogen (secondary N) is 1. The van der Waals surface area contributed by atoms with Crippen LogP contribution in [0.5, 0.6) is 5.75 Å². The van der Waals surface area contributed by atoms with Crippen molar-refractivity contribution >= 4 is 11.6 Å². The van der Waals surface area contributed by atoms with E-state index in [-0.39, 0.29) is 5.91 Å². The number of ether oxygens (including phenoxy) is 1. The molecule has 0 aromatic heterocycles. The standard InChI is InChI=1S/C20H23NO2/c1-13-7-10-19(11-14(13)2)23-15(3)20(22)21-18-9-8-16-5-4-6-17(16)12-18/h7-12,15H,4-6H2,1-3H3,(H,21,22)/t15-/m0/s1. The summed E-state index contributed by atoms with van der Waals surface area (Å²) in [6, 6.07) is 12.1. The van der Waals surface area contributed by atoms with Crippen LogP contribution in [0, 0.1) is 13.8 Å². The highest BCUT2D eigenvalue weighted by atomic mass is 16.5. The Morgan fingerprint density at radius 3 is 2.61 bits per heavy atom. The van der Waals surface area contributed by atoms with Gasteiger partial charge in [-0.05, 0) is 86.6 Å². The van der Waals surface area contributed by atoms with Crippen LogP contribution in [0.2, 0.25) is 0 Å². The fourth-order valence-corrected chi connectivity index (χ4v) is 2.94. The third-order valence-corrected chi connectivity index (χ3v) is 4.53. The Labute approximate surface area is 137 Å². The maximum atomic E-state index is 12.3. The van der Waals surface area contributed by atoms with E-state index in [1.165, 1.54) is 23.1 Å². The molecule has 1 aliphatic rings. The van der Waals surface area contributed by atoms with Gasteiger partial charge in [0.05, 0.1) is 0 Å². The van der Waals surface area contributed by atoms with E-state index in [1.807, 2.05) is 31.2 Å². The zero-order chi connectivity index (χ0) is 16.4. The minimum absolute atomic E-state index is 0.124. The molecule has 1 amide bonds. The van der Waals surface area contributed by atoms with Crippen molar-refractivity contribution in [2.75, 3.05) is 5.32 Å². The predicted molar refractivity (Wildman–Crippen MR) is 93.1 cm³/mol. The first-order chi connectivity index (χ1) is 11.0. The molecule has 0 heterocycles. The number of hydrogen-bond donors (Lipinski definition) is 1. The van der Waals surface area contributed by atoms with Gasteiger partial charge in [0, 0.05) is 5.69 Å². The Bertz CT molecular complexity index is 736. The smallest absolute Gasteiger partial charge is 0.265 e. The van der Waals surface area contributed by atoms with Crippen LogP contribution < -0.4 is 10.1 Å². The fraction of sp³-hybridized carbons (Fsp3) is 0.350. The lowest BCUT2D eigenvalue weighted by atomic mass is 10.1. The molecule has 0 radical (unpaired) electrons. The van der Waals surface area contributed by atoms with E-state index in [9.17, 15) is 4.79 Å². The molecule has 1 aliphatic carbocycles. The third kappa shape index (κ3) is 3.55. The zero-order valence-electron chi connectivity index (χ0n) is 14.0. The molecular formula is C20H23NO2. The number of benzene rings is 2. The van der Waals surface area contributed by atoms with Crippen molar-refractivity contribution in [3.05, 3.63) is 58.7 Å². The summed E-state index contributed by atoms with van der Waals surface area (Å²) in [5, 5.41) is 2.95. The van der Waals surface area contributed by atoms with Crippen molar-refractivity contribution in [2.24, 2.45) is 0 Å². The molecule has 0 aliphatic heterocycles. The van der Waals surface area contributed by atoms with Crippen LogP contribution in [0.3, 0.4) is 0 Å². The van der Waals surface area contributed by atoms with E-state index >= 15 is 0 Å². The van der Waals surface area contributed by atoms with Crippen molar-refractivity contribution in [1.82, 2.24) is 0 Å². The first-order valence-electron chi connectivity index (χ1n) is 8.19. The van der Waals surface area contributed by atoms with Gasteiger partial charge in [0.15, 0.2) is 6.10 Å². The van der Waals surface area contributed by atoms with Crippen molar-refractivity contribution in [1.29, 1.82) is 0 Å². The molecule has 0 unspecified atom stereocenters. The Balaban J connectivity index is 1.64. The molecule has 0 bridgehead atoms. The van der Waals surface area contributed by atoms with Gasteiger partial charge < -0.3 is 10.1 Å². The normalized spacial score (nSPS) is 14.2. The van der Waals surface area contributed by atoms with Gasteiger partial charge in [-0.15, -0.1) is 0 Å². The largest absolute Gasteiger partial charge is 0.481 e. The van der Waals surface area contributed by atoms with Crippen LogP contribution in [-0.2, 0) is 17.6 Å². The predicted octanol–water partition coefficient (Wildman–Crippen LogP) is 4.20. The lowest BCUT2D eigenvalue weighted by molar-refractivity contribution is -0.122. The van der Waals surface area contributed by atoms with Crippen molar-refractivity contribution in [3.63, 3.8) is 0 Å². The third-order valence-electron chi connectivity index (χ3n) is 4.53. The van der Waals surface area contributed by atoms with Gasteiger partial charge in [0.1, 0.15) is 5.75 Å². The van der Waals surface area contributed by atoms with Gasteiger partial charge in [-0.25, -0.2) is 0 Å². The Morgan fingerprint density at radius 2 is 1.83 bits per heavy atom. The zero-order valence-corrected chi connectivity index (χ0v) is 14.0. The monoisotopic (exact) mass is 309 g/mol. The summed E-state index contributed by atoms with van der Waals surface area (Å²) in [7, 11) is 0. The van der Waals surface area contributed by atoms with Crippen LogP contribution in [0.1, 0.15) is 35.6 Å². The second-order valence-corrected chi connectivity index (χ2v) is 6.33. The molecular weight excluding hydrogens is 286 g/mol. The Hall–Kier alpha value is -2.29. The summed E-state index contributed by atoms with van der Waals surface area (Å²) in [6.07, 6.45) is 2.92. The van der Waals surface area contributed by atoms with Crippen molar-refractivity contribution in [3.8, 4) is 5.75 Å². The number of aryl methyl sites for hydroxylation is 4. The highest BCUT2D eigenvalue weighted by molar-refractivity contribution is 5.94. The molecule has 0 saturated carbocycles. The number of amides is 1. The van der Waals surface area contributed by atoms with E-state index < -0.39 is 6.10 Å². The number of rotatable bonds is 4. The first-order valence-corrected chi connectivity index (χ1v) is 8.19. The minimum Gasteiger partial charge on any atom is -0.481 e. The number of anilines is 1. The summed E-state index contributed by atoms with van der Waals surface area (Å²) in [5.41, 5.74) is 5.99. The van der Waals surface area contributed by atoms with Crippen LogP contribution in [0.25, 0.3) is 0 Å². The minimum atomic E-state index is -0.537. The topological polar surface area (TPSA) is 38.3 Å². The van der Waals surface area contributed by atoms with Gasteiger partial charge in [0.2, 0.25) is 0 Å². The quantitative estimate of drug-likeness (QED) is 0.919. The molecule has 120 valence electrons. The lowest BCUT2D eigenvalue weighted by Crippen LogP contribution is -2.30. The van der Waals surface area contributed by atoms with Gasteiger partial charge in [0.25, 0.3) is 5.91 Å². The van der Waals surface area contributed by atoms with E-state index in [2.05, 4.69) is 24.4 Å². The van der Waals surface area contributed by atoms with Crippen LogP contribution in [-0.4, -0.2) is 12.0 Å². The number of carbonyl (C=O) groups is 1.